The van der Waals surface area contributed by atoms with Crippen molar-refractivity contribution in [1.82, 2.24) is 16.0 Å². The summed E-state index contributed by atoms with van der Waals surface area (Å²) < 4.78 is 0. The molecular weight excluding hydrogens is 378 g/mol. The zero-order valence-corrected chi connectivity index (χ0v) is 15.5. The lowest BCUT2D eigenvalue weighted by Gasteiger charge is -2.25. The third-order valence-corrected chi connectivity index (χ3v) is 3.65. The molecule has 0 aromatic heterocycles. The van der Waals surface area contributed by atoms with Crippen LogP contribution in [0.25, 0.3) is 0 Å². The van der Waals surface area contributed by atoms with Gasteiger partial charge in [0.15, 0.2) is 0 Å². The zero-order valence-electron chi connectivity index (χ0n) is 15.5. The quantitative estimate of drug-likeness (QED) is 0.156. The lowest BCUT2D eigenvalue weighted by Crippen LogP contribution is -2.60. The van der Waals surface area contributed by atoms with E-state index >= 15 is 0 Å². The number of carbonyl (C=O) groups is 5. The van der Waals surface area contributed by atoms with E-state index in [1.165, 1.54) is 13.8 Å². The van der Waals surface area contributed by atoms with Gasteiger partial charge in [0.1, 0.15) is 18.1 Å². The van der Waals surface area contributed by atoms with Gasteiger partial charge < -0.3 is 42.7 Å². The smallest absolute Gasteiger partial charge is 0.325 e. The lowest BCUT2D eigenvalue weighted by atomic mass is 10.1. The Labute approximate surface area is 160 Å². The second-order valence-electron chi connectivity index (χ2n) is 6.15. The summed E-state index contributed by atoms with van der Waals surface area (Å²) in [6.45, 7) is 1.52. The molecule has 0 aliphatic rings. The van der Waals surface area contributed by atoms with Crippen LogP contribution in [0.3, 0.4) is 0 Å². The molecule has 28 heavy (non-hydrogen) atoms. The first-order valence-corrected chi connectivity index (χ1v) is 8.37. The van der Waals surface area contributed by atoms with Crippen molar-refractivity contribution >= 4 is 29.6 Å². The molecule has 13 heteroatoms. The first-order chi connectivity index (χ1) is 12.9. The van der Waals surface area contributed by atoms with Crippen LogP contribution in [0, 0.1) is 0 Å². The van der Waals surface area contributed by atoms with Gasteiger partial charge in [-0.25, -0.2) is 0 Å². The summed E-state index contributed by atoms with van der Waals surface area (Å²) in [6, 6.07) is -5.48. The standard InChI is InChI=1S/C15H27N5O8/c1-6(15(27)28)18-14(26)11(7(2)22)20-13(25)9(5-21)19-12(24)8(16)3-4-10(17)23/h6-9,11,21-22H,3-5,16H2,1-2H3,(H2,17,23)(H,18,26)(H,19,24)(H,20,25)(H,27,28). The Morgan fingerprint density at radius 1 is 0.964 bits per heavy atom. The van der Waals surface area contributed by atoms with E-state index in [4.69, 9.17) is 16.6 Å². The van der Waals surface area contributed by atoms with Crippen molar-refractivity contribution in [2.24, 2.45) is 11.5 Å². The molecule has 0 spiro atoms. The number of hydrogen-bond acceptors (Lipinski definition) is 8. The number of amides is 4. The summed E-state index contributed by atoms with van der Waals surface area (Å²) in [4.78, 5) is 57.7. The maximum Gasteiger partial charge on any atom is 0.325 e. The maximum atomic E-state index is 12.2. The number of carbonyl (C=O) groups excluding carboxylic acids is 4. The van der Waals surface area contributed by atoms with Gasteiger partial charge in [0, 0.05) is 6.42 Å². The molecule has 0 bridgehead atoms. The Bertz CT molecular complexity index is 597. The average Bonchev–Trinajstić information content (AvgIpc) is 2.60. The van der Waals surface area contributed by atoms with Crippen molar-refractivity contribution in [1.29, 1.82) is 0 Å². The predicted molar refractivity (Wildman–Crippen MR) is 94.3 cm³/mol. The highest BCUT2D eigenvalue weighted by Gasteiger charge is 2.31. The molecule has 0 rings (SSSR count). The molecule has 0 radical (unpaired) electrons. The number of carboxylic acids is 1. The third-order valence-electron chi connectivity index (χ3n) is 3.65. The Morgan fingerprint density at radius 3 is 1.96 bits per heavy atom. The fourth-order valence-electron chi connectivity index (χ4n) is 1.93. The van der Waals surface area contributed by atoms with Crippen molar-refractivity contribution in [2.45, 2.75) is 57.0 Å². The Morgan fingerprint density at radius 2 is 1.54 bits per heavy atom. The van der Waals surface area contributed by atoms with Gasteiger partial charge in [0.05, 0.1) is 18.8 Å². The van der Waals surface area contributed by atoms with Gasteiger partial charge >= 0.3 is 5.97 Å². The van der Waals surface area contributed by atoms with Gasteiger partial charge in [-0.3, -0.25) is 24.0 Å². The van der Waals surface area contributed by atoms with Crippen LogP contribution in [0.5, 0.6) is 0 Å². The average molecular weight is 405 g/mol. The van der Waals surface area contributed by atoms with Crippen LogP contribution < -0.4 is 27.4 Å². The van der Waals surface area contributed by atoms with E-state index in [-0.39, 0.29) is 12.8 Å². The molecule has 0 heterocycles. The summed E-state index contributed by atoms with van der Waals surface area (Å²) in [5.41, 5.74) is 10.5. The highest BCUT2D eigenvalue weighted by Crippen LogP contribution is 1.99. The van der Waals surface area contributed by atoms with Crippen molar-refractivity contribution in [3.8, 4) is 0 Å². The molecule has 0 aromatic carbocycles. The Kier molecular flexibility index (Phi) is 10.7. The van der Waals surface area contributed by atoms with E-state index in [1.54, 1.807) is 0 Å². The fraction of sp³-hybridized carbons (Fsp3) is 0.667. The minimum atomic E-state index is -1.54. The summed E-state index contributed by atoms with van der Waals surface area (Å²) in [6.07, 6.45) is -1.64. The number of aliphatic hydroxyl groups excluding tert-OH is 2. The number of aliphatic hydroxyl groups is 2. The van der Waals surface area contributed by atoms with Crippen LogP contribution in [-0.2, 0) is 24.0 Å². The van der Waals surface area contributed by atoms with Crippen LogP contribution >= 0.6 is 0 Å². The molecule has 160 valence electrons. The number of nitrogens with one attached hydrogen (secondary N) is 3. The van der Waals surface area contributed by atoms with Crippen molar-refractivity contribution in [3.05, 3.63) is 0 Å². The van der Waals surface area contributed by atoms with Crippen LogP contribution in [-0.4, -0.2) is 81.8 Å². The van der Waals surface area contributed by atoms with Gasteiger partial charge in [-0.05, 0) is 20.3 Å². The molecule has 0 fully saturated rings. The molecule has 0 saturated carbocycles. The van der Waals surface area contributed by atoms with Crippen LogP contribution in [0.4, 0.5) is 0 Å². The maximum absolute atomic E-state index is 12.2. The van der Waals surface area contributed by atoms with Crippen molar-refractivity contribution in [3.63, 3.8) is 0 Å². The van der Waals surface area contributed by atoms with E-state index in [1.807, 2.05) is 0 Å². The van der Waals surface area contributed by atoms with Gasteiger partial charge in [-0.1, -0.05) is 0 Å². The van der Waals surface area contributed by atoms with E-state index in [2.05, 4.69) is 16.0 Å². The van der Waals surface area contributed by atoms with Crippen LogP contribution in [0.15, 0.2) is 0 Å². The second-order valence-corrected chi connectivity index (χ2v) is 6.15. The minimum Gasteiger partial charge on any atom is -0.480 e. The van der Waals surface area contributed by atoms with Crippen molar-refractivity contribution in [2.75, 3.05) is 6.61 Å². The summed E-state index contributed by atoms with van der Waals surface area (Å²) in [7, 11) is 0. The Balaban J connectivity index is 4.97. The van der Waals surface area contributed by atoms with Gasteiger partial charge in [-0.15, -0.1) is 0 Å². The fourth-order valence-corrected chi connectivity index (χ4v) is 1.93. The number of primary amides is 1. The normalized spacial score (nSPS) is 16.0. The first kappa shape index (κ1) is 25.2. The third kappa shape index (κ3) is 8.75. The molecule has 0 saturated heterocycles. The molecule has 5 atom stereocenters. The molecular formula is C15H27N5O8. The van der Waals surface area contributed by atoms with Crippen LogP contribution in [0.2, 0.25) is 0 Å². The first-order valence-electron chi connectivity index (χ1n) is 8.37. The van der Waals surface area contributed by atoms with E-state index in [0.717, 1.165) is 0 Å². The number of carboxylic acid groups (broad SMARTS) is 1. The van der Waals surface area contributed by atoms with Crippen LogP contribution in [0.1, 0.15) is 26.7 Å². The predicted octanol–water partition coefficient (Wildman–Crippen LogP) is -4.49. The number of rotatable bonds is 12. The van der Waals surface area contributed by atoms with Gasteiger partial charge in [0.25, 0.3) is 0 Å². The van der Waals surface area contributed by atoms with E-state index in [9.17, 15) is 34.2 Å². The molecule has 0 aromatic rings. The van der Waals surface area contributed by atoms with Gasteiger partial charge in [-0.2, -0.15) is 0 Å². The zero-order chi connectivity index (χ0) is 22.0. The molecule has 5 unspecified atom stereocenters. The number of nitrogens with two attached hydrogens (primary N) is 2. The van der Waals surface area contributed by atoms with E-state index in [0.29, 0.717) is 0 Å². The molecule has 0 aliphatic carbocycles. The highest BCUT2D eigenvalue weighted by atomic mass is 16.4. The summed E-state index contributed by atoms with van der Waals surface area (Å²) >= 11 is 0. The SMILES string of the molecule is CC(NC(=O)C(NC(=O)C(CO)NC(=O)C(N)CCC(N)=O)C(C)O)C(=O)O. The largest absolute Gasteiger partial charge is 0.480 e. The minimum absolute atomic E-state index is 0.0767. The monoisotopic (exact) mass is 405 g/mol. The summed E-state index contributed by atoms with van der Waals surface area (Å²) in [5, 5.41) is 34.2. The molecule has 0 aliphatic heterocycles. The topological polar surface area (TPSA) is 234 Å². The molecule has 13 nitrogen and oxygen atoms in total. The number of hydrogen-bond donors (Lipinski definition) is 8. The number of aliphatic carboxylic acids is 1. The summed E-state index contributed by atoms with van der Waals surface area (Å²) in [5.74, 6) is -4.81. The lowest BCUT2D eigenvalue weighted by molar-refractivity contribution is -0.142. The second kappa shape index (κ2) is 11.8. The Hall–Kier alpha value is -2.77. The van der Waals surface area contributed by atoms with Gasteiger partial charge in [0.2, 0.25) is 23.6 Å². The highest BCUT2D eigenvalue weighted by molar-refractivity contribution is 5.94. The molecule has 4 amide bonds. The van der Waals surface area contributed by atoms with Crippen molar-refractivity contribution < 1.29 is 39.3 Å². The molecule has 10 N–H and O–H groups in total. The van der Waals surface area contributed by atoms with E-state index < -0.39 is 66.5 Å².